The molecule has 0 bridgehead atoms. The van der Waals surface area contributed by atoms with E-state index in [2.05, 4.69) is 15.3 Å². The summed E-state index contributed by atoms with van der Waals surface area (Å²) in [5, 5.41) is 2.80. The van der Waals surface area contributed by atoms with Crippen molar-refractivity contribution in [1.29, 1.82) is 0 Å². The molecule has 5 nitrogen and oxygen atoms in total. The van der Waals surface area contributed by atoms with Crippen molar-refractivity contribution in [2.45, 2.75) is 26.3 Å². The van der Waals surface area contributed by atoms with Crippen LogP contribution in [-0.2, 0) is 11.3 Å². The summed E-state index contributed by atoms with van der Waals surface area (Å²) < 4.78 is 12.8. The summed E-state index contributed by atoms with van der Waals surface area (Å²) in [6.07, 6.45) is 0.192. The van der Waals surface area contributed by atoms with Gasteiger partial charge in [-0.1, -0.05) is 6.07 Å². The summed E-state index contributed by atoms with van der Waals surface area (Å²) in [5.41, 5.74) is 3.18. The fraction of sp³-hybridized carbons (Fsp3) is 0.211. The first-order valence-corrected chi connectivity index (χ1v) is 8.02. The smallest absolute Gasteiger partial charge is 0.220 e. The van der Waals surface area contributed by atoms with Crippen LogP contribution in [0.4, 0.5) is 4.39 Å². The van der Waals surface area contributed by atoms with Crippen molar-refractivity contribution in [1.82, 2.24) is 15.3 Å². The topological polar surface area (TPSA) is 74.8 Å². The molecule has 2 aromatic carbocycles. The minimum atomic E-state index is -0.390. The van der Waals surface area contributed by atoms with Crippen molar-refractivity contribution < 1.29 is 14.0 Å². The Morgan fingerprint density at radius 1 is 1.12 bits per heavy atom. The molecule has 0 aliphatic carbocycles. The van der Waals surface area contributed by atoms with E-state index in [0.29, 0.717) is 12.1 Å². The first-order chi connectivity index (χ1) is 12.0. The lowest BCUT2D eigenvalue weighted by Crippen LogP contribution is -2.23. The Balaban J connectivity index is 1.50. The quantitative estimate of drug-likeness (QED) is 0.677. The average molecular weight is 339 g/mol. The number of ketones is 1. The third-order valence-electron chi connectivity index (χ3n) is 3.90. The van der Waals surface area contributed by atoms with Crippen LogP contribution in [0, 0.1) is 12.7 Å². The number of nitrogens with one attached hydrogen (secondary N) is 2. The number of fused-ring (bicyclic) bond motifs is 1. The second-order valence-corrected chi connectivity index (χ2v) is 5.88. The van der Waals surface area contributed by atoms with Crippen LogP contribution in [0.5, 0.6) is 0 Å². The Morgan fingerprint density at radius 3 is 2.64 bits per heavy atom. The predicted molar refractivity (Wildman–Crippen MR) is 92.6 cm³/mol. The molecule has 0 fully saturated rings. The molecule has 1 amide bonds. The maximum Gasteiger partial charge on any atom is 0.220 e. The molecule has 128 valence electrons. The van der Waals surface area contributed by atoms with E-state index in [1.165, 1.54) is 24.3 Å². The maximum absolute atomic E-state index is 12.8. The number of benzene rings is 2. The number of aryl methyl sites for hydroxylation is 1. The minimum absolute atomic E-state index is 0.0935. The van der Waals surface area contributed by atoms with Gasteiger partial charge in [-0.2, -0.15) is 0 Å². The summed E-state index contributed by atoms with van der Waals surface area (Å²) in [6, 6.07) is 11.1. The average Bonchev–Trinajstić information content (AvgIpc) is 2.97. The second kappa shape index (κ2) is 7.25. The number of Topliss-reactive ketones (excluding diaryl/α,β-unsaturated/α-hetero) is 1. The van der Waals surface area contributed by atoms with Crippen LogP contribution in [-0.4, -0.2) is 21.7 Å². The molecule has 6 heteroatoms. The number of hydrogen-bond acceptors (Lipinski definition) is 3. The largest absolute Gasteiger partial charge is 0.352 e. The Bertz CT molecular complexity index is 916. The number of carbonyl (C=O) groups is 2. The number of halogens is 1. The van der Waals surface area contributed by atoms with Gasteiger partial charge in [-0.25, -0.2) is 9.37 Å². The molecule has 0 saturated carbocycles. The first-order valence-electron chi connectivity index (χ1n) is 8.02. The van der Waals surface area contributed by atoms with Crippen molar-refractivity contribution in [3.8, 4) is 0 Å². The van der Waals surface area contributed by atoms with Crippen molar-refractivity contribution in [2.75, 3.05) is 0 Å². The molecular formula is C19H18FN3O2. The Kier molecular flexibility index (Phi) is 4.88. The molecule has 25 heavy (non-hydrogen) atoms. The summed E-state index contributed by atoms with van der Waals surface area (Å²) >= 11 is 0. The third-order valence-corrected chi connectivity index (χ3v) is 3.90. The predicted octanol–water partition coefficient (Wildman–Crippen LogP) is 3.29. The molecule has 0 saturated heterocycles. The number of aromatic nitrogens is 2. The van der Waals surface area contributed by atoms with Gasteiger partial charge in [0.25, 0.3) is 0 Å². The van der Waals surface area contributed by atoms with Crippen LogP contribution < -0.4 is 5.32 Å². The Hall–Kier alpha value is -3.02. The van der Waals surface area contributed by atoms with Gasteiger partial charge < -0.3 is 10.3 Å². The number of imidazole rings is 1. The SMILES string of the molecule is Cc1nc2ccc(CNC(=O)CCC(=O)c3ccc(F)cc3)cc2[nH]1. The van der Waals surface area contributed by atoms with Gasteiger partial charge in [-0.3, -0.25) is 9.59 Å². The molecule has 3 rings (SSSR count). The second-order valence-electron chi connectivity index (χ2n) is 5.88. The zero-order valence-corrected chi connectivity index (χ0v) is 13.8. The molecular weight excluding hydrogens is 321 g/mol. The number of amides is 1. The van der Waals surface area contributed by atoms with Gasteiger partial charge in [-0.15, -0.1) is 0 Å². The lowest BCUT2D eigenvalue weighted by molar-refractivity contribution is -0.121. The molecule has 0 radical (unpaired) electrons. The first kappa shape index (κ1) is 16.8. The monoisotopic (exact) mass is 339 g/mol. The van der Waals surface area contributed by atoms with E-state index in [4.69, 9.17) is 0 Å². The molecule has 0 unspecified atom stereocenters. The van der Waals surface area contributed by atoms with Crippen LogP contribution in [0.15, 0.2) is 42.5 Å². The number of nitrogens with zero attached hydrogens (tertiary/aromatic N) is 1. The summed E-state index contributed by atoms with van der Waals surface area (Å²) in [4.78, 5) is 31.4. The van der Waals surface area contributed by atoms with E-state index in [1.807, 2.05) is 25.1 Å². The number of carbonyl (C=O) groups excluding carboxylic acids is 2. The molecule has 0 spiro atoms. The lowest BCUT2D eigenvalue weighted by atomic mass is 10.1. The zero-order chi connectivity index (χ0) is 17.8. The van der Waals surface area contributed by atoms with Crippen LogP contribution >= 0.6 is 0 Å². The fourth-order valence-electron chi connectivity index (χ4n) is 2.59. The van der Waals surface area contributed by atoms with Crippen LogP contribution in [0.1, 0.15) is 34.6 Å². The number of aromatic amines is 1. The normalized spacial score (nSPS) is 10.8. The fourth-order valence-corrected chi connectivity index (χ4v) is 2.59. The highest BCUT2D eigenvalue weighted by atomic mass is 19.1. The molecule has 2 N–H and O–H groups in total. The third kappa shape index (κ3) is 4.29. The summed E-state index contributed by atoms with van der Waals surface area (Å²) in [6.45, 7) is 2.27. The molecule has 0 aliphatic rings. The van der Waals surface area contributed by atoms with Gasteiger partial charge in [-0.05, 0) is 48.9 Å². The van der Waals surface area contributed by atoms with E-state index >= 15 is 0 Å². The Morgan fingerprint density at radius 2 is 1.88 bits per heavy atom. The molecule has 0 atom stereocenters. The number of rotatable bonds is 6. The van der Waals surface area contributed by atoms with Gasteiger partial charge in [0.1, 0.15) is 11.6 Å². The van der Waals surface area contributed by atoms with Crippen molar-refractivity contribution >= 4 is 22.7 Å². The lowest BCUT2D eigenvalue weighted by Gasteiger charge is -2.05. The molecule has 1 heterocycles. The number of H-pyrrole nitrogens is 1. The highest BCUT2D eigenvalue weighted by Crippen LogP contribution is 2.13. The van der Waals surface area contributed by atoms with Crippen LogP contribution in [0.3, 0.4) is 0 Å². The van der Waals surface area contributed by atoms with Gasteiger partial charge in [0, 0.05) is 24.9 Å². The number of hydrogen-bond donors (Lipinski definition) is 2. The zero-order valence-electron chi connectivity index (χ0n) is 13.8. The summed E-state index contributed by atoms with van der Waals surface area (Å²) in [7, 11) is 0. The minimum Gasteiger partial charge on any atom is -0.352 e. The molecule has 0 aliphatic heterocycles. The summed E-state index contributed by atoms with van der Waals surface area (Å²) in [5.74, 6) is 0.0788. The van der Waals surface area contributed by atoms with Gasteiger partial charge in [0.15, 0.2) is 5.78 Å². The van der Waals surface area contributed by atoms with Crippen molar-refractivity contribution in [3.05, 3.63) is 65.2 Å². The van der Waals surface area contributed by atoms with Crippen LogP contribution in [0.25, 0.3) is 11.0 Å². The van der Waals surface area contributed by atoms with E-state index in [1.54, 1.807) is 0 Å². The highest BCUT2D eigenvalue weighted by molar-refractivity contribution is 5.97. The van der Waals surface area contributed by atoms with E-state index in [-0.39, 0.29) is 24.5 Å². The van der Waals surface area contributed by atoms with Crippen molar-refractivity contribution in [2.24, 2.45) is 0 Å². The van der Waals surface area contributed by atoms with Gasteiger partial charge in [0.2, 0.25) is 5.91 Å². The molecule has 1 aromatic heterocycles. The van der Waals surface area contributed by atoms with E-state index < -0.39 is 5.82 Å². The maximum atomic E-state index is 12.8. The standard InChI is InChI=1S/C19H18FN3O2/c1-12-22-16-7-2-13(10-17(16)23-12)11-21-19(25)9-8-18(24)14-3-5-15(20)6-4-14/h2-7,10H,8-9,11H2,1H3,(H,21,25)(H,22,23). The highest BCUT2D eigenvalue weighted by Gasteiger charge is 2.10. The van der Waals surface area contributed by atoms with Gasteiger partial charge in [0.05, 0.1) is 11.0 Å². The van der Waals surface area contributed by atoms with Gasteiger partial charge >= 0.3 is 0 Å². The Labute approximate surface area is 144 Å². The van der Waals surface area contributed by atoms with E-state index in [9.17, 15) is 14.0 Å². The van der Waals surface area contributed by atoms with Crippen LogP contribution in [0.2, 0.25) is 0 Å². The van der Waals surface area contributed by atoms with Crippen molar-refractivity contribution in [3.63, 3.8) is 0 Å². The van der Waals surface area contributed by atoms with E-state index in [0.717, 1.165) is 22.4 Å². The molecule has 3 aromatic rings.